The summed E-state index contributed by atoms with van der Waals surface area (Å²) in [6.45, 7) is 1.87. The van der Waals surface area contributed by atoms with Crippen LogP contribution >= 0.6 is 15.9 Å². The third kappa shape index (κ3) is 2.87. The quantitative estimate of drug-likeness (QED) is 0.838. The van der Waals surface area contributed by atoms with Crippen molar-refractivity contribution in [3.63, 3.8) is 0 Å². The van der Waals surface area contributed by atoms with E-state index < -0.39 is 0 Å². The van der Waals surface area contributed by atoms with Gasteiger partial charge >= 0.3 is 0 Å². The molecule has 3 N–H and O–H groups in total. The van der Waals surface area contributed by atoms with Crippen LogP contribution in [0.15, 0.2) is 41.0 Å². The topological polar surface area (TPSA) is 68.0 Å². The minimum Gasteiger partial charge on any atom is -0.399 e. The van der Waals surface area contributed by atoms with E-state index >= 15 is 0 Å². The lowest BCUT2D eigenvalue weighted by atomic mass is 10.2. The monoisotopic (exact) mass is 305 g/mol. The number of nitrogen functional groups attached to an aromatic ring is 1. The third-order valence-corrected chi connectivity index (χ3v) is 3.08. The minimum absolute atomic E-state index is 0.209. The highest BCUT2D eigenvalue weighted by molar-refractivity contribution is 9.10. The molecular weight excluding hydrogens is 294 g/mol. The Hall–Kier alpha value is -1.88. The van der Waals surface area contributed by atoms with Gasteiger partial charge < -0.3 is 11.1 Å². The van der Waals surface area contributed by atoms with E-state index in [1.165, 1.54) is 0 Å². The van der Waals surface area contributed by atoms with Gasteiger partial charge in [-0.15, -0.1) is 0 Å². The van der Waals surface area contributed by atoms with Crippen molar-refractivity contribution in [2.24, 2.45) is 0 Å². The molecule has 1 amide bonds. The molecule has 1 aromatic heterocycles. The lowest BCUT2D eigenvalue weighted by Crippen LogP contribution is -2.13. The zero-order valence-corrected chi connectivity index (χ0v) is 11.4. The third-order valence-electron chi connectivity index (χ3n) is 2.39. The summed E-state index contributed by atoms with van der Waals surface area (Å²) < 4.78 is 0.708. The molecule has 0 aliphatic rings. The van der Waals surface area contributed by atoms with Crippen molar-refractivity contribution in [2.45, 2.75) is 6.92 Å². The zero-order valence-electron chi connectivity index (χ0n) is 9.77. The Morgan fingerprint density at radius 2 is 2.11 bits per heavy atom. The van der Waals surface area contributed by atoms with E-state index in [1.807, 2.05) is 6.92 Å². The molecule has 0 spiro atoms. The minimum atomic E-state index is -0.209. The van der Waals surface area contributed by atoms with Gasteiger partial charge in [-0.25, -0.2) is 0 Å². The first-order chi connectivity index (χ1) is 8.56. The van der Waals surface area contributed by atoms with Crippen molar-refractivity contribution in [1.29, 1.82) is 0 Å². The van der Waals surface area contributed by atoms with E-state index in [1.54, 1.807) is 36.5 Å². The van der Waals surface area contributed by atoms with E-state index in [0.717, 1.165) is 5.69 Å². The molecule has 0 atom stereocenters. The number of aryl methyl sites for hydroxylation is 1. The molecular formula is C13H12BrN3O. The second-order valence-electron chi connectivity index (χ2n) is 3.88. The highest BCUT2D eigenvalue weighted by atomic mass is 79.9. The Morgan fingerprint density at radius 3 is 2.83 bits per heavy atom. The maximum atomic E-state index is 12.1. The van der Waals surface area contributed by atoms with Crippen LogP contribution in [0.3, 0.4) is 0 Å². The molecule has 2 rings (SSSR count). The van der Waals surface area contributed by atoms with Crippen LogP contribution < -0.4 is 11.1 Å². The van der Waals surface area contributed by atoms with Crippen LogP contribution in [-0.4, -0.2) is 10.9 Å². The molecule has 1 heterocycles. The summed E-state index contributed by atoms with van der Waals surface area (Å²) in [5.74, 6) is -0.209. The van der Waals surface area contributed by atoms with Gasteiger partial charge in [0.1, 0.15) is 0 Å². The number of nitrogens with two attached hydrogens (primary N) is 1. The van der Waals surface area contributed by atoms with Gasteiger partial charge in [0.05, 0.1) is 5.56 Å². The lowest BCUT2D eigenvalue weighted by molar-refractivity contribution is 0.102. The van der Waals surface area contributed by atoms with Crippen molar-refractivity contribution in [3.05, 3.63) is 52.3 Å². The van der Waals surface area contributed by atoms with Crippen LogP contribution in [0.4, 0.5) is 11.4 Å². The number of halogens is 1. The van der Waals surface area contributed by atoms with Crippen molar-refractivity contribution in [1.82, 2.24) is 4.98 Å². The van der Waals surface area contributed by atoms with Gasteiger partial charge in [0.15, 0.2) is 0 Å². The number of hydrogen-bond donors (Lipinski definition) is 2. The average molecular weight is 306 g/mol. The van der Waals surface area contributed by atoms with E-state index in [9.17, 15) is 4.79 Å². The van der Waals surface area contributed by atoms with Crippen LogP contribution in [0, 0.1) is 6.92 Å². The molecule has 92 valence electrons. The van der Waals surface area contributed by atoms with Crippen LogP contribution in [0.5, 0.6) is 0 Å². The summed E-state index contributed by atoms with van der Waals surface area (Å²) >= 11 is 3.33. The molecule has 2 aromatic rings. The first kappa shape index (κ1) is 12.6. The highest BCUT2D eigenvalue weighted by Gasteiger charge is 2.10. The molecule has 0 saturated heterocycles. The van der Waals surface area contributed by atoms with Crippen molar-refractivity contribution in [3.8, 4) is 0 Å². The summed E-state index contributed by atoms with van der Waals surface area (Å²) in [6, 6.07) is 8.66. The van der Waals surface area contributed by atoms with E-state index in [0.29, 0.717) is 21.4 Å². The van der Waals surface area contributed by atoms with Crippen molar-refractivity contribution < 1.29 is 4.79 Å². The normalized spacial score (nSPS) is 10.1. The number of benzene rings is 1. The molecule has 0 unspecified atom stereocenters. The second kappa shape index (κ2) is 5.18. The maximum absolute atomic E-state index is 12.1. The smallest absolute Gasteiger partial charge is 0.256 e. The summed E-state index contributed by atoms with van der Waals surface area (Å²) in [5.41, 5.74) is 8.28. The summed E-state index contributed by atoms with van der Waals surface area (Å²) in [7, 11) is 0. The summed E-state index contributed by atoms with van der Waals surface area (Å²) in [5, 5.41) is 2.80. The van der Waals surface area contributed by atoms with Gasteiger partial charge in [-0.05, 0) is 53.2 Å². The van der Waals surface area contributed by atoms with Crippen LogP contribution in [0.25, 0.3) is 0 Å². The molecule has 0 fully saturated rings. The summed E-state index contributed by atoms with van der Waals surface area (Å²) in [4.78, 5) is 16.2. The van der Waals surface area contributed by atoms with Crippen molar-refractivity contribution in [2.75, 3.05) is 11.1 Å². The molecule has 18 heavy (non-hydrogen) atoms. The fraction of sp³-hybridized carbons (Fsp3) is 0.0769. The molecule has 0 radical (unpaired) electrons. The molecule has 0 aliphatic heterocycles. The number of rotatable bonds is 2. The van der Waals surface area contributed by atoms with Gasteiger partial charge in [-0.2, -0.15) is 0 Å². The molecule has 0 saturated carbocycles. The van der Waals surface area contributed by atoms with Gasteiger partial charge in [0.25, 0.3) is 5.91 Å². The van der Waals surface area contributed by atoms with Crippen LogP contribution in [0.2, 0.25) is 0 Å². The second-order valence-corrected chi connectivity index (χ2v) is 4.73. The Balaban J connectivity index is 2.24. The highest BCUT2D eigenvalue weighted by Crippen LogP contribution is 2.21. The Kier molecular flexibility index (Phi) is 3.62. The lowest BCUT2D eigenvalue weighted by Gasteiger charge is -2.08. The molecule has 1 aromatic carbocycles. The van der Waals surface area contributed by atoms with E-state index in [4.69, 9.17) is 5.73 Å². The first-order valence-corrected chi connectivity index (χ1v) is 6.14. The SMILES string of the molecule is Cc1cc(NC(=O)c2cc(N)ccc2Br)ccn1. The number of hydrogen-bond acceptors (Lipinski definition) is 3. The largest absolute Gasteiger partial charge is 0.399 e. The Morgan fingerprint density at radius 1 is 1.33 bits per heavy atom. The number of amides is 1. The molecule has 0 bridgehead atoms. The van der Waals surface area contributed by atoms with Gasteiger partial charge in [0, 0.05) is 27.7 Å². The Bertz CT molecular complexity index is 599. The van der Waals surface area contributed by atoms with Crippen LogP contribution in [-0.2, 0) is 0 Å². The number of aromatic nitrogens is 1. The molecule has 5 heteroatoms. The van der Waals surface area contributed by atoms with Crippen LogP contribution in [0.1, 0.15) is 16.1 Å². The number of carbonyl (C=O) groups is 1. The van der Waals surface area contributed by atoms with Crippen molar-refractivity contribution >= 4 is 33.2 Å². The predicted molar refractivity (Wildman–Crippen MR) is 75.5 cm³/mol. The average Bonchev–Trinajstić information content (AvgIpc) is 2.32. The molecule has 4 nitrogen and oxygen atoms in total. The standard InChI is InChI=1S/C13H12BrN3O/c1-8-6-10(4-5-16-8)17-13(18)11-7-9(15)2-3-12(11)14/h2-7H,15H2,1H3,(H,16,17,18). The van der Waals surface area contributed by atoms with E-state index in [2.05, 4.69) is 26.2 Å². The fourth-order valence-corrected chi connectivity index (χ4v) is 1.97. The number of nitrogens with one attached hydrogen (secondary N) is 1. The number of pyridine rings is 1. The maximum Gasteiger partial charge on any atom is 0.256 e. The number of anilines is 2. The Labute approximate surface area is 113 Å². The van der Waals surface area contributed by atoms with Gasteiger partial charge in [-0.1, -0.05) is 0 Å². The predicted octanol–water partition coefficient (Wildman–Crippen LogP) is 2.99. The number of nitrogens with zero attached hydrogens (tertiary/aromatic N) is 1. The fourth-order valence-electron chi connectivity index (χ4n) is 1.54. The van der Waals surface area contributed by atoms with E-state index in [-0.39, 0.29) is 5.91 Å². The number of carbonyl (C=O) groups excluding carboxylic acids is 1. The first-order valence-electron chi connectivity index (χ1n) is 5.35. The molecule has 0 aliphatic carbocycles. The van der Waals surface area contributed by atoms with Gasteiger partial charge in [-0.3, -0.25) is 9.78 Å². The summed E-state index contributed by atoms with van der Waals surface area (Å²) in [6.07, 6.45) is 1.65. The zero-order chi connectivity index (χ0) is 13.1. The van der Waals surface area contributed by atoms with Gasteiger partial charge in [0.2, 0.25) is 0 Å².